The smallest absolute Gasteiger partial charge is 0.339 e. The van der Waals surface area contributed by atoms with E-state index < -0.39 is 24.3 Å². The number of ether oxygens (including phenoxy) is 1. The lowest BCUT2D eigenvalue weighted by Gasteiger charge is -2.19. The van der Waals surface area contributed by atoms with Gasteiger partial charge in [-0.25, -0.2) is 4.79 Å². The van der Waals surface area contributed by atoms with Crippen LogP contribution < -0.4 is 5.32 Å². The number of fused-ring (bicyclic) bond motifs is 2. The fourth-order valence-corrected chi connectivity index (χ4v) is 3.74. The van der Waals surface area contributed by atoms with Gasteiger partial charge in [-0.3, -0.25) is 14.4 Å². The highest BCUT2D eigenvalue weighted by Gasteiger charge is 2.33. The zero-order valence-electron chi connectivity index (χ0n) is 18.1. The second-order valence-corrected chi connectivity index (χ2v) is 8.30. The van der Waals surface area contributed by atoms with E-state index >= 15 is 0 Å². The molecule has 6 nitrogen and oxygen atoms in total. The molecule has 0 fully saturated rings. The summed E-state index contributed by atoms with van der Waals surface area (Å²) in [5.41, 5.74) is 0.757. The molecule has 0 bridgehead atoms. The Bertz CT molecular complexity index is 1020. The summed E-state index contributed by atoms with van der Waals surface area (Å²) in [7, 11) is 0. The number of hydrogen-bond acceptors (Lipinski definition) is 5. The topological polar surface area (TPSA) is 89.5 Å². The fourth-order valence-electron chi connectivity index (χ4n) is 3.74. The van der Waals surface area contributed by atoms with Crippen LogP contribution >= 0.6 is 0 Å². The van der Waals surface area contributed by atoms with Crippen LogP contribution in [0.15, 0.2) is 42.5 Å². The fraction of sp³-hybridized carbons (Fsp3) is 0.360. The van der Waals surface area contributed by atoms with Crippen molar-refractivity contribution >= 4 is 23.4 Å². The Morgan fingerprint density at radius 1 is 0.871 bits per heavy atom. The first-order chi connectivity index (χ1) is 14.8. The van der Waals surface area contributed by atoms with Crippen molar-refractivity contribution in [2.45, 2.75) is 46.1 Å². The highest BCUT2D eigenvalue weighted by molar-refractivity contribution is 6.30. The molecule has 6 heteroatoms. The Kier molecular flexibility index (Phi) is 7.00. The second-order valence-electron chi connectivity index (χ2n) is 8.30. The minimum Gasteiger partial charge on any atom is -0.452 e. The van der Waals surface area contributed by atoms with Crippen molar-refractivity contribution in [3.8, 4) is 0 Å². The van der Waals surface area contributed by atoms with Crippen molar-refractivity contribution < 1.29 is 23.9 Å². The van der Waals surface area contributed by atoms with Crippen molar-refractivity contribution in [2.24, 2.45) is 5.92 Å². The number of hydrogen-bond donors (Lipinski definition) is 1. The maximum absolute atomic E-state index is 13.0. The molecule has 1 N–H and O–H groups in total. The number of amides is 1. The van der Waals surface area contributed by atoms with Gasteiger partial charge in [0.25, 0.3) is 5.91 Å². The van der Waals surface area contributed by atoms with E-state index in [0.29, 0.717) is 11.5 Å². The van der Waals surface area contributed by atoms with Gasteiger partial charge in [0.05, 0.1) is 5.56 Å². The molecule has 1 amide bonds. The molecule has 0 saturated carbocycles. The van der Waals surface area contributed by atoms with E-state index in [-0.39, 0.29) is 34.1 Å². The molecule has 1 atom stereocenters. The molecular formula is C25H27NO5. The third-order valence-corrected chi connectivity index (χ3v) is 5.33. The van der Waals surface area contributed by atoms with E-state index in [0.717, 1.165) is 19.3 Å². The lowest BCUT2D eigenvalue weighted by atomic mass is 9.82. The Hall–Kier alpha value is -3.28. The third-order valence-electron chi connectivity index (χ3n) is 5.33. The van der Waals surface area contributed by atoms with Gasteiger partial charge in [0.15, 0.2) is 18.2 Å². The summed E-state index contributed by atoms with van der Waals surface area (Å²) in [5, 5.41) is 2.81. The summed E-state index contributed by atoms with van der Waals surface area (Å²) in [4.78, 5) is 50.5. The van der Waals surface area contributed by atoms with Gasteiger partial charge in [-0.2, -0.15) is 0 Å². The van der Waals surface area contributed by atoms with Crippen LogP contribution in [0.1, 0.15) is 82.2 Å². The molecule has 0 heterocycles. The van der Waals surface area contributed by atoms with Gasteiger partial charge in [0.2, 0.25) is 0 Å². The predicted octanol–water partition coefficient (Wildman–Crippen LogP) is 3.95. The zero-order valence-corrected chi connectivity index (χ0v) is 18.1. The van der Waals surface area contributed by atoms with Gasteiger partial charge in [-0.1, -0.05) is 63.1 Å². The normalized spacial score (nSPS) is 13.4. The Balaban J connectivity index is 1.67. The summed E-state index contributed by atoms with van der Waals surface area (Å²) in [6, 6.07) is 11.0. The molecular weight excluding hydrogens is 394 g/mol. The van der Waals surface area contributed by atoms with Crippen LogP contribution in [0.3, 0.4) is 0 Å². The number of carbonyl (C=O) groups excluding carboxylic acids is 4. The summed E-state index contributed by atoms with van der Waals surface area (Å²) < 4.78 is 5.16. The van der Waals surface area contributed by atoms with Gasteiger partial charge in [-0.15, -0.1) is 0 Å². The minimum atomic E-state index is -0.806. The number of esters is 1. The number of carbonyl (C=O) groups is 4. The van der Waals surface area contributed by atoms with Crippen molar-refractivity contribution in [1.82, 2.24) is 5.32 Å². The van der Waals surface area contributed by atoms with Gasteiger partial charge in [0, 0.05) is 28.3 Å². The lowest BCUT2D eigenvalue weighted by molar-refractivity contribution is -0.124. The van der Waals surface area contributed by atoms with E-state index in [1.807, 2.05) is 6.92 Å². The molecule has 1 aliphatic rings. The van der Waals surface area contributed by atoms with Gasteiger partial charge in [-0.05, 0) is 25.3 Å². The Labute approximate surface area is 182 Å². The van der Waals surface area contributed by atoms with Gasteiger partial charge in [0.1, 0.15) is 0 Å². The van der Waals surface area contributed by atoms with Crippen LogP contribution in [0.25, 0.3) is 0 Å². The van der Waals surface area contributed by atoms with Crippen molar-refractivity contribution in [3.63, 3.8) is 0 Å². The summed E-state index contributed by atoms with van der Waals surface area (Å²) in [6.45, 7) is 5.77. The first-order valence-electron chi connectivity index (χ1n) is 10.6. The molecule has 2 aromatic rings. The Morgan fingerprint density at radius 3 is 2.19 bits per heavy atom. The molecule has 3 rings (SSSR count). The molecule has 1 aliphatic carbocycles. The molecule has 0 aliphatic heterocycles. The highest BCUT2D eigenvalue weighted by atomic mass is 16.5. The number of benzene rings is 2. The van der Waals surface area contributed by atoms with Crippen LogP contribution in [0.2, 0.25) is 0 Å². The monoisotopic (exact) mass is 421 g/mol. The van der Waals surface area contributed by atoms with Crippen LogP contribution in [-0.4, -0.2) is 36.1 Å². The van der Waals surface area contributed by atoms with Crippen molar-refractivity contribution in [2.75, 3.05) is 6.61 Å². The SMILES string of the molecule is CC(C)CCCC(C)NC(=O)COC(=O)c1cccc2c1C(=O)c1ccccc1C2=O. The van der Waals surface area contributed by atoms with Crippen LogP contribution in [0.5, 0.6) is 0 Å². The molecule has 2 aromatic carbocycles. The molecule has 162 valence electrons. The molecule has 0 aromatic heterocycles. The van der Waals surface area contributed by atoms with Crippen molar-refractivity contribution in [3.05, 3.63) is 70.3 Å². The molecule has 0 spiro atoms. The van der Waals surface area contributed by atoms with Crippen LogP contribution in [0.4, 0.5) is 0 Å². The Morgan fingerprint density at radius 2 is 1.52 bits per heavy atom. The summed E-state index contributed by atoms with van der Waals surface area (Å²) in [5.74, 6) is -1.31. The maximum Gasteiger partial charge on any atom is 0.339 e. The largest absolute Gasteiger partial charge is 0.452 e. The zero-order chi connectivity index (χ0) is 22.5. The molecule has 0 saturated heterocycles. The van der Waals surface area contributed by atoms with E-state index in [4.69, 9.17) is 4.74 Å². The first-order valence-corrected chi connectivity index (χ1v) is 10.6. The summed E-state index contributed by atoms with van der Waals surface area (Å²) in [6.07, 6.45) is 2.94. The standard InChI is InChI=1S/C25H27NO5/c1-15(2)8-6-9-16(3)26-21(27)14-31-25(30)20-13-7-12-19-22(20)24(29)18-11-5-4-10-17(18)23(19)28/h4-5,7,10-13,15-16H,6,8-9,14H2,1-3H3,(H,26,27). The average Bonchev–Trinajstić information content (AvgIpc) is 2.75. The molecule has 31 heavy (non-hydrogen) atoms. The van der Waals surface area contributed by atoms with E-state index in [1.54, 1.807) is 24.3 Å². The van der Waals surface area contributed by atoms with Crippen LogP contribution in [-0.2, 0) is 9.53 Å². The second kappa shape index (κ2) is 9.69. The van der Waals surface area contributed by atoms with Crippen LogP contribution in [0, 0.1) is 5.92 Å². The highest BCUT2D eigenvalue weighted by Crippen LogP contribution is 2.29. The van der Waals surface area contributed by atoms with Gasteiger partial charge >= 0.3 is 5.97 Å². The lowest BCUT2D eigenvalue weighted by Crippen LogP contribution is -2.36. The molecule has 0 radical (unpaired) electrons. The van der Waals surface area contributed by atoms with E-state index in [2.05, 4.69) is 19.2 Å². The molecule has 1 unspecified atom stereocenters. The summed E-state index contributed by atoms with van der Waals surface area (Å²) >= 11 is 0. The number of rotatable bonds is 8. The van der Waals surface area contributed by atoms with Gasteiger partial charge < -0.3 is 10.1 Å². The van der Waals surface area contributed by atoms with E-state index in [1.165, 1.54) is 18.2 Å². The average molecular weight is 421 g/mol. The number of nitrogens with one attached hydrogen (secondary N) is 1. The predicted molar refractivity (Wildman–Crippen MR) is 116 cm³/mol. The quantitative estimate of drug-likeness (QED) is 0.556. The number of ketones is 2. The van der Waals surface area contributed by atoms with E-state index in [9.17, 15) is 19.2 Å². The maximum atomic E-state index is 13.0. The van der Waals surface area contributed by atoms with Crippen molar-refractivity contribution in [1.29, 1.82) is 0 Å². The minimum absolute atomic E-state index is 0.0110. The third kappa shape index (κ3) is 5.08. The first kappa shape index (κ1) is 22.4.